The van der Waals surface area contributed by atoms with Gasteiger partial charge in [0.15, 0.2) is 5.13 Å². The third-order valence-electron chi connectivity index (χ3n) is 5.66. The van der Waals surface area contributed by atoms with Crippen LogP contribution in [0.2, 0.25) is 0 Å². The minimum atomic E-state index is -0.0152. The Morgan fingerprint density at radius 3 is 2.84 bits per heavy atom. The lowest BCUT2D eigenvalue weighted by molar-refractivity contribution is 0.0376. The summed E-state index contributed by atoms with van der Waals surface area (Å²) in [6, 6.07) is 11.8. The molecule has 0 aliphatic carbocycles. The first-order valence-electron chi connectivity index (χ1n) is 10.8. The molecule has 1 aliphatic rings. The highest BCUT2D eigenvalue weighted by Gasteiger charge is 2.23. The van der Waals surface area contributed by atoms with Crippen LogP contribution < -0.4 is 9.64 Å². The van der Waals surface area contributed by atoms with Crippen molar-refractivity contribution in [2.24, 2.45) is 0 Å². The van der Waals surface area contributed by atoms with Crippen LogP contribution in [0, 0.1) is 6.92 Å². The highest BCUT2D eigenvalue weighted by Crippen LogP contribution is 2.37. The van der Waals surface area contributed by atoms with Crippen molar-refractivity contribution < 1.29 is 14.3 Å². The van der Waals surface area contributed by atoms with E-state index in [2.05, 4.69) is 11.8 Å². The zero-order valence-corrected chi connectivity index (χ0v) is 20.4. The molecule has 1 amide bonds. The molecule has 32 heavy (non-hydrogen) atoms. The summed E-state index contributed by atoms with van der Waals surface area (Å²) in [5, 5.41) is 0.717. The zero-order valence-electron chi connectivity index (χ0n) is 18.8. The average molecular weight is 472 g/mol. The predicted molar refractivity (Wildman–Crippen MR) is 133 cm³/mol. The third-order valence-corrected chi connectivity index (χ3v) is 7.60. The van der Waals surface area contributed by atoms with E-state index in [1.807, 2.05) is 47.6 Å². The van der Waals surface area contributed by atoms with E-state index in [1.165, 1.54) is 0 Å². The third kappa shape index (κ3) is 5.09. The molecule has 2 aromatic carbocycles. The summed E-state index contributed by atoms with van der Waals surface area (Å²) < 4.78 is 12.0. The van der Waals surface area contributed by atoms with Crippen LogP contribution in [0.1, 0.15) is 22.3 Å². The van der Waals surface area contributed by atoms with Crippen molar-refractivity contribution in [3.63, 3.8) is 0 Å². The van der Waals surface area contributed by atoms with Crippen LogP contribution in [0.3, 0.4) is 0 Å². The van der Waals surface area contributed by atoms with Gasteiger partial charge in [-0.1, -0.05) is 23.5 Å². The number of carbonyl (C=O) groups is 1. The van der Waals surface area contributed by atoms with Crippen molar-refractivity contribution in [3.8, 4) is 5.75 Å². The van der Waals surface area contributed by atoms with Gasteiger partial charge in [-0.15, -0.1) is 11.8 Å². The number of amides is 1. The van der Waals surface area contributed by atoms with Crippen molar-refractivity contribution >= 4 is 44.4 Å². The van der Waals surface area contributed by atoms with Crippen molar-refractivity contribution in [1.29, 1.82) is 0 Å². The molecule has 0 N–H and O–H groups in total. The number of methoxy groups -OCH3 is 1. The van der Waals surface area contributed by atoms with Gasteiger partial charge in [0.2, 0.25) is 0 Å². The number of carbonyl (C=O) groups excluding carboxylic acids is 1. The second-order valence-electron chi connectivity index (χ2n) is 7.76. The summed E-state index contributed by atoms with van der Waals surface area (Å²) in [6.45, 7) is 7.06. The molecule has 0 radical (unpaired) electrons. The monoisotopic (exact) mass is 471 g/mol. The van der Waals surface area contributed by atoms with E-state index < -0.39 is 0 Å². The largest absolute Gasteiger partial charge is 0.494 e. The Morgan fingerprint density at radius 2 is 2.09 bits per heavy atom. The molecular formula is C24H29N3O3S2. The maximum absolute atomic E-state index is 13.6. The van der Waals surface area contributed by atoms with Crippen LogP contribution in [0.5, 0.6) is 5.75 Å². The molecule has 0 saturated carbocycles. The molecule has 0 bridgehead atoms. The van der Waals surface area contributed by atoms with Crippen LogP contribution in [0.15, 0.2) is 41.3 Å². The van der Waals surface area contributed by atoms with Crippen LogP contribution in [0.25, 0.3) is 10.2 Å². The number of fused-ring (bicyclic) bond motifs is 1. The fourth-order valence-corrected chi connectivity index (χ4v) is 5.39. The lowest BCUT2D eigenvalue weighted by atomic mass is 10.2. The van der Waals surface area contributed by atoms with Gasteiger partial charge < -0.3 is 9.47 Å². The molecule has 0 spiro atoms. The van der Waals surface area contributed by atoms with E-state index in [9.17, 15) is 4.79 Å². The van der Waals surface area contributed by atoms with Crippen LogP contribution in [-0.2, 0) is 4.74 Å². The van der Waals surface area contributed by atoms with Gasteiger partial charge in [-0.05, 0) is 49.4 Å². The lowest BCUT2D eigenvalue weighted by Crippen LogP contribution is -2.39. The summed E-state index contributed by atoms with van der Waals surface area (Å²) in [5.74, 6) is 0.719. The van der Waals surface area contributed by atoms with Crippen molar-refractivity contribution in [2.45, 2.75) is 18.2 Å². The van der Waals surface area contributed by atoms with Crippen LogP contribution in [-0.4, -0.2) is 68.5 Å². The van der Waals surface area contributed by atoms with Gasteiger partial charge in [0.25, 0.3) is 5.91 Å². The van der Waals surface area contributed by atoms with Gasteiger partial charge in [-0.2, -0.15) is 0 Å². The highest BCUT2D eigenvalue weighted by atomic mass is 32.2. The maximum Gasteiger partial charge on any atom is 0.260 e. The molecule has 3 aromatic rings. The van der Waals surface area contributed by atoms with Gasteiger partial charge in [-0.25, -0.2) is 4.98 Å². The Balaban J connectivity index is 1.64. The fourth-order valence-electron chi connectivity index (χ4n) is 3.85. The van der Waals surface area contributed by atoms with E-state index in [0.29, 0.717) is 17.2 Å². The van der Waals surface area contributed by atoms with E-state index >= 15 is 0 Å². The molecule has 4 rings (SSSR count). The average Bonchev–Trinajstić information content (AvgIpc) is 3.28. The Hall–Kier alpha value is -2.13. The molecule has 170 valence electrons. The quantitative estimate of drug-likeness (QED) is 0.444. The standard InChI is InChI=1S/C24H29N3O3S2/c1-17-8-9-20(29-2)21-22(17)32-24(25-21)27(11-5-10-26-12-14-30-15-13-26)23(28)18-6-4-7-19(16-18)31-3/h4,6-9,16H,5,10-15H2,1-3H3. The Labute approximate surface area is 197 Å². The number of aryl methyl sites for hydroxylation is 1. The Bertz CT molecular complexity index is 1080. The van der Waals surface area contributed by atoms with Gasteiger partial charge in [-0.3, -0.25) is 14.6 Å². The number of ether oxygens (including phenoxy) is 2. The molecule has 2 heterocycles. The summed E-state index contributed by atoms with van der Waals surface area (Å²) in [5.41, 5.74) is 2.64. The lowest BCUT2D eigenvalue weighted by Gasteiger charge is -2.27. The first kappa shape index (κ1) is 23.0. The van der Waals surface area contributed by atoms with E-state index in [-0.39, 0.29) is 5.91 Å². The fraction of sp³-hybridized carbons (Fsp3) is 0.417. The number of aromatic nitrogens is 1. The van der Waals surface area contributed by atoms with Crippen molar-refractivity contribution in [2.75, 3.05) is 57.7 Å². The Kier molecular flexibility index (Phi) is 7.67. The molecular weight excluding hydrogens is 442 g/mol. The molecule has 8 heteroatoms. The number of hydrogen-bond donors (Lipinski definition) is 0. The molecule has 1 aromatic heterocycles. The molecule has 1 fully saturated rings. The molecule has 1 saturated heterocycles. The molecule has 0 atom stereocenters. The smallest absolute Gasteiger partial charge is 0.260 e. The first-order chi connectivity index (χ1) is 15.6. The number of rotatable bonds is 8. The molecule has 6 nitrogen and oxygen atoms in total. The van der Waals surface area contributed by atoms with Crippen LogP contribution in [0.4, 0.5) is 5.13 Å². The zero-order chi connectivity index (χ0) is 22.5. The van der Waals surface area contributed by atoms with Gasteiger partial charge in [0.05, 0.1) is 25.0 Å². The number of thiazole rings is 1. The summed E-state index contributed by atoms with van der Waals surface area (Å²) in [6.07, 6.45) is 2.90. The van der Waals surface area contributed by atoms with Crippen LogP contribution >= 0.6 is 23.1 Å². The maximum atomic E-state index is 13.6. The van der Waals surface area contributed by atoms with Crippen molar-refractivity contribution in [1.82, 2.24) is 9.88 Å². The van der Waals surface area contributed by atoms with E-state index in [1.54, 1.807) is 30.2 Å². The predicted octanol–water partition coefficient (Wildman–Crippen LogP) is 4.70. The Morgan fingerprint density at radius 1 is 1.28 bits per heavy atom. The SMILES string of the molecule is COc1ccc(C)c2sc(N(CCCN3CCOCC3)C(=O)c3cccc(SC)c3)nc12. The number of benzene rings is 2. The second-order valence-corrected chi connectivity index (χ2v) is 9.61. The minimum Gasteiger partial charge on any atom is -0.494 e. The number of nitrogens with zero attached hydrogens (tertiary/aromatic N) is 3. The van der Waals surface area contributed by atoms with Gasteiger partial charge in [0, 0.05) is 36.6 Å². The normalized spacial score (nSPS) is 14.6. The van der Waals surface area contributed by atoms with E-state index in [0.717, 1.165) is 65.7 Å². The summed E-state index contributed by atoms with van der Waals surface area (Å²) in [7, 11) is 1.66. The number of anilines is 1. The first-order valence-corrected chi connectivity index (χ1v) is 12.8. The summed E-state index contributed by atoms with van der Waals surface area (Å²) in [4.78, 5) is 23.8. The topological polar surface area (TPSA) is 54.9 Å². The van der Waals surface area contributed by atoms with E-state index in [4.69, 9.17) is 14.5 Å². The second kappa shape index (κ2) is 10.7. The molecule has 0 unspecified atom stereocenters. The minimum absolute atomic E-state index is 0.0152. The number of morpholine rings is 1. The van der Waals surface area contributed by atoms with Crippen molar-refractivity contribution in [3.05, 3.63) is 47.5 Å². The summed E-state index contributed by atoms with van der Waals surface area (Å²) >= 11 is 3.19. The van der Waals surface area contributed by atoms with Gasteiger partial charge in [0.1, 0.15) is 11.3 Å². The number of hydrogen-bond acceptors (Lipinski definition) is 7. The van der Waals surface area contributed by atoms with Gasteiger partial charge >= 0.3 is 0 Å². The number of thioether (sulfide) groups is 1. The molecule has 1 aliphatic heterocycles. The highest BCUT2D eigenvalue weighted by molar-refractivity contribution is 7.98.